The van der Waals surface area contributed by atoms with Crippen LogP contribution in [0.15, 0.2) is 4.47 Å². The Morgan fingerprint density at radius 3 is 2.67 bits per heavy atom. The van der Waals surface area contributed by atoms with Gasteiger partial charge >= 0.3 is 0 Å². The van der Waals surface area contributed by atoms with Gasteiger partial charge in [0.1, 0.15) is 5.69 Å². The first kappa shape index (κ1) is 12.2. The molecule has 15 heavy (non-hydrogen) atoms. The van der Waals surface area contributed by atoms with Crippen LogP contribution in [-0.2, 0) is 7.05 Å². The predicted octanol–water partition coefficient (Wildman–Crippen LogP) is 2.02. The summed E-state index contributed by atoms with van der Waals surface area (Å²) in [6.45, 7) is 5.88. The normalized spacial score (nSPS) is 12.6. The molecule has 1 amide bonds. The highest BCUT2D eigenvalue weighted by Gasteiger charge is 2.18. The van der Waals surface area contributed by atoms with E-state index in [1.54, 1.807) is 11.7 Å². The van der Waals surface area contributed by atoms with E-state index < -0.39 is 0 Å². The van der Waals surface area contributed by atoms with Gasteiger partial charge < -0.3 is 5.32 Å². The fraction of sp³-hybridized carbons (Fsp3) is 0.600. The summed E-state index contributed by atoms with van der Waals surface area (Å²) < 4.78 is 2.36. The number of carbonyl (C=O) groups excluding carboxylic acids is 1. The topological polar surface area (TPSA) is 46.9 Å². The maximum atomic E-state index is 11.9. The van der Waals surface area contributed by atoms with Gasteiger partial charge in [0.05, 0.1) is 10.2 Å². The van der Waals surface area contributed by atoms with Crippen LogP contribution in [0.4, 0.5) is 0 Å². The van der Waals surface area contributed by atoms with Gasteiger partial charge in [0.15, 0.2) is 0 Å². The Kier molecular flexibility index (Phi) is 3.90. The molecule has 1 atom stereocenters. The third-order valence-corrected chi connectivity index (χ3v) is 3.30. The van der Waals surface area contributed by atoms with Crippen molar-refractivity contribution in [1.82, 2.24) is 15.1 Å². The standard InChI is InChI=1S/C10H16BrN3O/c1-5-6(2)12-10(15)9-8(11)7(3)13-14(9)4/h6H,5H2,1-4H3,(H,12,15). The summed E-state index contributed by atoms with van der Waals surface area (Å²) in [4.78, 5) is 11.9. The average molecular weight is 274 g/mol. The zero-order chi connectivity index (χ0) is 11.6. The number of aromatic nitrogens is 2. The van der Waals surface area contributed by atoms with E-state index in [1.807, 2.05) is 20.8 Å². The van der Waals surface area contributed by atoms with Crippen molar-refractivity contribution in [3.63, 3.8) is 0 Å². The second-order valence-electron chi connectivity index (χ2n) is 3.65. The van der Waals surface area contributed by atoms with Gasteiger partial charge in [-0.3, -0.25) is 9.48 Å². The first-order valence-corrected chi connectivity index (χ1v) is 5.76. The van der Waals surface area contributed by atoms with Crippen LogP contribution in [0.3, 0.4) is 0 Å². The maximum Gasteiger partial charge on any atom is 0.270 e. The summed E-state index contributed by atoms with van der Waals surface area (Å²) in [5.41, 5.74) is 1.40. The van der Waals surface area contributed by atoms with Crippen molar-refractivity contribution < 1.29 is 4.79 Å². The van der Waals surface area contributed by atoms with Gasteiger partial charge in [-0.15, -0.1) is 0 Å². The number of hydrogen-bond acceptors (Lipinski definition) is 2. The van der Waals surface area contributed by atoms with Gasteiger partial charge in [0.25, 0.3) is 5.91 Å². The number of carbonyl (C=O) groups is 1. The molecule has 1 unspecified atom stereocenters. The van der Waals surface area contributed by atoms with Gasteiger partial charge in [0.2, 0.25) is 0 Å². The van der Waals surface area contributed by atoms with Gasteiger partial charge in [-0.05, 0) is 36.2 Å². The lowest BCUT2D eigenvalue weighted by molar-refractivity contribution is 0.0929. The summed E-state index contributed by atoms with van der Waals surface area (Å²) in [5, 5.41) is 7.08. The second-order valence-corrected chi connectivity index (χ2v) is 4.45. The fourth-order valence-electron chi connectivity index (χ4n) is 1.27. The molecule has 1 aromatic heterocycles. The van der Waals surface area contributed by atoms with Crippen LogP contribution in [0.25, 0.3) is 0 Å². The fourth-order valence-corrected chi connectivity index (χ4v) is 1.79. The highest BCUT2D eigenvalue weighted by atomic mass is 79.9. The number of nitrogens with zero attached hydrogens (tertiary/aromatic N) is 2. The van der Waals surface area contributed by atoms with E-state index in [0.29, 0.717) is 5.69 Å². The van der Waals surface area contributed by atoms with Crippen molar-refractivity contribution in [1.29, 1.82) is 0 Å². The number of amides is 1. The first-order valence-electron chi connectivity index (χ1n) is 4.97. The summed E-state index contributed by atoms with van der Waals surface area (Å²) >= 11 is 3.37. The molecule has 1 N–H and O–H groups in total. The predicted molar refractivity (Wildman–Crippen MR) is 62.9 cm³/mol. The molecule has 0 bridgehead atoms. The molecule has 1 rings (SSSR count). The minimum absolute atomic E-state index is 0.0840. The molecule has 1 aromatic rings. The molecule has 0 aliphatic rings. The monoisotopic (exact) mass is 273 g/mol. The van der Waals surface area contributed by atoms with E-state index in [9.17, 15) is 4.79 Å². The summed E-state index contributed by atoms with van der Waals surface area (Å²) in [5.74, 6) is -0.0840. The Bertz CT molecular complexity index is 373. The van der Waals surface area contributed by atoms with Gasteiger partial charge in [-0.25, -0.2) is 0 Å². The zero-order valence-corrected chi connectivity index (χ0v) is 11.1. The van der Waals surface area contributed by atoms with E-state index in [4.69, 9.17) is 0 Å². The second kappa shape index (κ2) is 4.79. The summed E-state index contributed by atoms with van der Waals surface area (Å²) in [6.07, 6.45) is 0.917. The first-order chi connectivity index (χ1) is 6.97. The largest absolute Gasteiger partial charge is 0.348 e. The molecule has 5 heteroatoms. The van der Waals surface area contributed by atoms with Gasteiger partial charge in [0, 0.05) is 13.1 Å². The Balaban J connectivity index is 2.91. The zero-order valence-electron chi connectivity index (χ0n) is 9.47. The lowest BCUT2D eigenvalue weighted by atomic mass is 10.2. The minimum atomic E-state index is -0.0840. The van der Waals surface area contributed by atoms with Crippen LogP contribution < -0.4 is 5.32 Å². The van der Waals surface area contributed by atoms with Crippen LogP contribution in [0.2, 0.25) is 0 Å². The minimum Gasteiger partial charge on any atom is -0.348 e. The summed E-state index contributed by atoms with van der Waals surface area (Å²) in [7, 11) is 1.77. The van der Waals surface area contributed by atoms with Crippen LogP contribution in [0.5, 0.6) is 0 Å². The molecule has 0 aliphatic heterocycles. The molecule has 0 radical (unpaired) electrons. The molecule has 0 spiro atoms. The third-order valence-electron chi connectivity index (χ3n) is 2.35. The molecule has 0 saturated carbocycles. The van der Waals surface area contributed by atoms with Crippen LogP contribution >= 0.6 is 15.9 Å². The Morgan fingerprint density at radius 2 is 2.27 bits per heavy atom. The van der Waals surface area contributed by atoms with Crippen molar-refractivity contribution in [2.75, 3.05) is 0 Å². The van der Waals surface area contributed by atoms with Gasteiger partial charge in [-0.2, -0.15) is 5.10 Å². The van der Waals surface area contributed by atoms with Gasteiger partial charge in [-0.1, -0.05) is 6.92 Å². The number of aryl methyl sites for hydroxylation is 2. The van der Waals surface area contributed by atoms with Crippen molar-refractivity contribution in [3.8, 4) is 0 Å². The van der Waals surface area contributed by atoms with Crippen molar-refractivity contribution >= 4 is 21.8 Å². The van der Waals surface area contributed by atoms with Crippen molar-refractivity contribution in [2.45, 2.75) is 33.2 Å². The molecule has 4 nitrogen and oxygen atoms in total. The maximum absolute atomic E-state index is 11.9. The molecular weight excluding hydrogens is 258 g/mol. The quantitative estimate of drug-likeness (QED) is 0.916. The van der Waals surface area contributed by atoms with E-state index in [-0.39, 0.29) is 11.9 Å². The smallest absolute Gasteiger partial charge is 0.270 e. The van der Waals surface area contributed by atoms with E-state index >= 15 is 0 Å². The molecular formula is C10H16BrN3O. The Labute approximate surface area is 98.2 Å². The SMILES string of the molecule is CCC(C)NC(=O)c1c(Br)c(C)nn1C. The highest BCUT2D eigenvalue weighted by Crippen LogP contribution is 2.20. The van der Waals surface area contributed by atoms with Crippen LogP contribution in [0.1, 0.15) is 36.5 Å². The van der Waals surface area contributed by atoms with E-state index in [1.165, 1.54) is 0 Å². The summed E-state index contributed by atoms with van der Waals surface area (Å²) in [6, 6.07) is 0.180. The van der Waals surface area contributed by atoms with Crippen molar-refractivity contribution in [3.05, 3.63) is 15.9 Å². The number of nitrogens with one attached hydrogen (secondary N) is 1. The number of halogens is 1. The average Bonchev–Trinajstić information content (AvgIpc) is 2.41. The number of hydrogen-bond donors (Lipinski definition) is 1. The molecule has 0 saturated heterocycles. The van der Waals surface area contributed by atoms with Crippen LogP contribution in [-0.4, -0.2) is 21.7 Å². The molecule has 0 aliphatic carbocycles. The van der Waals surface area contributed by atoms with Crippen LogP contribution in [0, 0.1) is 6.92 Å². The Hall–Kier alpha value is -0.840. The van der Waals surface area contributed by atoms with E-state index in [2.05, 4.69) is 26.3 Å². The molecule has 0 fully saturated rings. The lowest BCUT2D eigenvalue weighted by Gasteiger charge is -2.11. The number of rotatable bonds is 3. The molecule has 0 aromatic carbocycles. The molecule has 84 valence electrons. The molecule has 1 heterocycles. The Morgan fingerprint density at radius 1 is 1.67 bits per heavy atom. The third kappa shape index (κ3) is 2.59. The van der Waals surface area contributed by atoms with E-state index in [0.717, 1.165) is 16.6 Å². The van der Waals surface area contributed by atoms with Crippen molar-refractivity contribution in [2.24, 2.45) is 7.05 Å². The lowest BCUT2D eigenvalue weighted by Crippen LogP contribution is -2.33. The highest BCUT2D eigenvalue weighted by molar-refractivity contribution is 9.10.